The van der Waals surface area contributed by atoms with Crippen molar-refractivity contribution in [1.29, 1.82) is 0 Å². The molecule has 1 rings (SSSR count). The van der Waals surface area contributed by atoms with E-state index in [0.29, 0.717) is 5.82 Å². The molecule has 0 unspecified atom stereocenters. The topological polar surface area (TPSA) is 102 Å². The summed E-state index contributed by atoms with van der Waals surface area (Å²) in [6.07, 6.45) is 1.57. The van der Waals surface area contributed by atoms with E-state index in [1.165, 1.54) is 4.68 Å². The minimum absolute atomic E-state index is 0. The van der Waals surface area contributed by atoms with Gasteiger partial charge in [-0.05, 0) is 5.92 Å². The van der Waals surface area contributed by atoms with Crippen LogP contribution in [0.3, 0.4) is 0 Å². The van der Waals surface area contributed by atoms with E-state index in [9.17, 15) is 9.59 Å². The van der Waals surface area contributed by atoms with E-state index in [2.05, 4.69) is 15.7 Å². The number of nitrogens with one attached hydrogen (secondary N) is 2. The highest BCUT2D eigenvalue weighted by molar-refractivity contribution is 5.94. The first-order valence-corrected chi connectivity index (χ1v) is 5.73. The van der Waals surface area contributed by atoms with Crippen LogP contribution in [0.5, 0.6) is 0 Å². The van der Waals surface area contributed by atoms with Crippen molar-refractivity contribution in [3.63, 3.8) is 0 Å². The molecule has 1 aromatic rings. The zero-order chi connectivity index (χ0) is 13.7. The number of halogens is 1. The van der Waals surface area contributed by atoms with Gasteiger partial charge in [-0.15, -0.1) is 12.4 Å². The number of hydrogen-bond acceptors (Lipinski definition) is 4. The Bertz CT molecular complexity index is 432. The van der Waals surface area contributed by atoms with Gasteiger partial charge in [0, 0.05) is 13.1 Å². The van der Waals surface area contributed by atoms with Crippen LogP contribution >= 0.6 is 12.4 Å². The molecule has 0 aliphatic carbocycles. The molecule has 1 heterocycles. The van der Waals surface area contributed by atoms with Crippen LogP contribution in [0.2, 0.25) is 0 Å². The third kappa shape index (κ3) is 5.27. The Labute approximate surface area is 118 Å². The molecule has 0 spiro atoms. The lowest BCUT2D eigenvalue weighted by Crippen LogP contribution is -2.46. The molecular weight excluding hydrogens is 270 g/mol. The van der Waals surface area contributed by atoms with E-state index in [0.717, 1.165) is 0 Å². The van der Waals surface area contributed by atoms with Gasteiger partial charge in [-0.25, -0.2) is 0 Å². The molecule has 8 heteroatoms. The van der Waals surface area contributed by atoms with Crippen molar-refractivity contribution in [3.05, 3.63) is 12.3 Å². The van der Waals surface area contributed by atoms with Crippen molar-refractivity contribution < 1.29 is 9.59 Å². The van der Waals surface area contributed by atoms with E-state index in [4.69, 9.17) is 5.73 Å². The summed E-state index contributed by atoms with van der Waals surface area (Å²) in [7, 11) is 1.71. The third-order valence-electron chi connectivity index (χ3n) is 2.53. The maximum absolute atomic E-state index is 11.6. The smallest absolute Gasteiger partial charge is 0.244 e. The minimum atomic E-state index is -0.602. The molecule has 108 valence electrons. The van der Waals surface area contributed by atoms with Crippen LogP contribution in [0.4, 0.5) is 5.82 Å². The zero-order valence-electron chi connectivity index (χ0n) is 11.2. The van der Waals surface area contributed by atoms with Crippen LogP contribution in [0.25, 0.3) is 0 Å². The van der Waals surface area contributed by atoms with Gasteiger partial charge in [0.1, 0.15) is 5.82 Å². The lowest BCUT2D eigenvalue weighted by atomic mass is 10.1. The number of rotatable bonds is 5. The fourth-order valence-corrected chi connectivity index (χ4v) is 1.27. The lowest BCUT2D eigenvalue weighted by molar-refractivity contribution is -0.125. The van der Waals surface area contributed by atoms with E-state index in [1.54, 1.807) is 19.3 Å². The molecule has 1 aromatic heterocycles. The van der Waals surface area contributed by atoms with Gasteiger partial charge in [0.25, 0.3) is 0 Å². The van der Waals surface area contributed by atoms with Gasteiger partial charge >= 0.3 is 0 Å². The van der Waals surface area contributed by atoms with Crippen molar-refractivity contribution >= 4 is 30.0 Å². The van der Waals surface area contributed by atoms with E-state index in [-0.39, 0.29) is 36.7 Å². The predicted octanol–water partition coefficient (Wildman–Crippen LogP) is -0.120. The Morgan fingerprint density at radius 1 is 1.47 bits per heavy atom. The summed E-state index contributed by atoms with van der Waals surface area (Å²) >= 11 is 0. The van der Waals surface area contributed by atoms with Crippen molar-refractivity contribution in [2.45, 2.75) is 19.9 Å². The summed E-state index contributed by atoms with van der Waals surface area (Å²) < 4.78 is 1.53. The summed E-state index contributed by atoms with van der Waals surface area (Å²) in [5, 5.41) is 9.02. The first kappa shape index (κ1) is 17.4. The van der Waals surface area contributed by atoms with Gasteiger partial charge in [-0.1, -0.05) is 13.8 Å². The third-order valence-corrected chi connectivity index (χ3v) is 2.53. The Kier molecular flexibility index (Phi) is 7.10. The molecule has 0 aromatic carbocycles. The van der Waals surface area contributed by atoms with Crippen molar-refractivity contribution in [2.24, 2.45) is 18.7 Å². The molecule has 0 radical (unpaired) electrons. The molecule has 19 heavy (non-hydrogen) atoms. The second kappa shape index (κ2) is 7.75. The Hall–Kier alpha value is -1.60. The van der Waals surface area contributed by atoms with Crippen LogP contribution in [-0.4, -0.2) is 34.2 Å². The lowest BCUT2D eigenvalue weighted by Gasteiger charge is -2.15. The van der Waals surface area contributed by atoms with Gasteiger partial charge < -0.3 is 16.4 Å². The van der Waals surface area contributed by atoms with Crippen LogP contribution in [-0.2, 0) is 16.6 Å². The summed E-state index contributed by atoms with van der Waals surface area (Å²) in [6.45, 7) is 3.59. The van der Waals surface area contributed by atoms with Gasteiger partial charge in [0.15, 0.2) is 0 Å². The summed E-state index contributed by atoms with van der Waals surface area (Å²) in [6, 6.07) is 1.06. The summed E-state index contributed by atoms with van der Waals surface area (Å²) in [5.74, 6) is -0.0411. The number of aryl methyl sites for hydroxylation is 1. The fraction of sp³-hybridized carbons (Fsp3) is 0.545. The second-order valence-corrected chi connectivity index (χ2v) is 4.38. The number of amides is 2. The Balaban J connectivity index is 0.00000324. The number of nitrogens with zero attached hydrogens (tertiary/aromatic N) is 2. The molecule has 7 nitrogen and oxygen atoms in total. The summed E-state index contributed by atoms with van der Waals surface area (Å²) in [5.41, 5.74) is 5.65. The number of hydrogen-bond donors (Lipinski definition) is 3. The number of anilines is 1. The average Bonchev–Trinajstić information content (AvgIpc) is 2.70. The fourth-order valence-electron chi connectivity index (χ4n) is 1.27. The van der Waals surface area contributed by atoms with Gasteiger partial charge in [-0.2, -0.15) is 5.10 Å². The van der Waals surface area contributed by atoms with Crippen LogP contribution in [0.15, 0.2) is 12.3 Å². The monoisotopic (exact) mass is 289 g/mol. The molecule has 0 aliphatic rings. The molecular formula is C11H20ClN5O2. The molecule has 0 bridgehead atoms. The molecule has 1 atom stereocenters. The van der Waals surface area contributed by atoms with Crippen LogP contribution < -0.4 is 16.4 Å². The number of aromatic nitrogens is 2. The van der Waals surface area contributed by atoms with Crippen LogP contribution in [0, 0.1) is 5.92 Å². The molecule has 0 saturated heterocycles. The van der Waals surface area contributed by atoms with Gasteiger partial charge in [0.2, 0.25) is 11.8 Å². The quantitative estimate of drug-likeness (QED) is 0.703. The van der Waals surface area contributed by atoms with E-state index >= 15 is 0 Å². The number of nitrogens with two attached hydrogens (primary N) is 1. The van der Waals surface area contributed by atoms with E-state index in [1.807, 2.05) is 13.8 Å². The largest absolute Gasteiger partial charge is 0.346 e. The van der Waals surface area contributed by atoms with Crippen molar-refractivity contribution in [3.8, 4) is 0 Å². The van der Waals surface area contributed by atoms with Gasteiger partial charge in [0.05, 0.1) is 18.8 Å². The number of carbonyl (C=O) groups is 2. The molecule has 2 amide bonds. The second-order valence-electron chi connectivity index (χ2n) is 4.38. The normalized spacial score (nSPS) is 11.6. The SMILES string of the molecule is CC(C)[C@H](N)C(=O)NCC(=O)Nc1ccnn1C.Cl. The Morgan fingerprint density at radius 2 is 2.11 bits per heavy atom. The van der Waals surface area contributed by atoms with Crippen molar-refractivity contribution in [1.82, 2.24) is 15.1 Å². The van der Waals surface area contributed by atoms with Gasteiger partial charge in [-0.3, -0.25) is 14.3 Å². The molecule has 0 saturated carbocycles. The molecule has 0 fully saturated rings. The van der Waals surface area contributed by atoms with Crippen molar-refractivity contribution in [2.75, 3.05) is 11.9 Å². The maximum atomic E-state index is 11.6. The molecule has 4 N–H and O–H groups in total. The molecule has 0 aliphatic heterocycles. The summed E-state index contributed by atoms with van der Waals surface area (Å²) in [4.78, 5) is 23.1. The highest BCUT2D eigenvalue weighted by Crippen LogP contribution is 2.02. The highest BCUT2D eigenvalue weighted by atomic mass is 35.5. The minimum Gasteiger partial charge on any atom is -0.346 e. The first-order valence-electron chi connectivity index (χ1n) is 5.73. The maximum Gasteiger partial charge on any atom is 0.244 e. The zero-order valence-corrected chi connectivity index (χ0v) is 12.0. The number of carbonyl (C=O) groups excluding carboxylic acids is 2. The standard InChI is InChI=1S/C11H19N5O2.ClH/c1-7(2)10(12)11(18)13-6-9(17)15-8-4-5-14-16(8)3;/h4-5,7,10H,6,12H2,1-3H3,(H,13,18)(H,15,17);1H/t10-;/m0./s1. The highest BCUT2D eigenvalue weighted by Gasteiger charge is 2.17. The first-order chi connectivity index (χ1) is 8.41. The Morgan fingerprint density at radius 3 is 2.58 bits per heavy atom. The van der Waals surface area contributed by atoms with Crippen LogP contribution in [0.1, 0.15) is 13.8 Å². The van der Waals surface area contributed by atoms with E-state index < -0.39 is 6.04 Å². The predicted molar refractivity (Wildman–Crippen MR) is 74.9 cm³/mol. The average molecular weight is 290 g/mol.